The van der Waals surface area contributed by atoms with Gasteiger partial charge in [-0.15, -0.1) is 0 Å². The van der Waals surface area contributed by atoms with E-state index in [2.05, 4.69) is 9.97 Å². The fourth-order valence-corrected chi connectivity index (χ4v) is 2.38. The first kappa shape index (κ1) is 13.6. The molecule has 0 aliphatic rings. The Balaban J connectivity index is 1.99. The van der Waals surface area contributed by atoms with Gasteiger partial charge in [-0.2, -0.15) is 0 Å². The minimum atomic E-state index is -0.418. The summed E-state index contributed by atoms with van der Waals surface area (Å²) < 4.78 is 4.96. The van der Waals surface area contributed by atoms with Crippen molar-refractivity contribution in [3.63, 3.8) is 0 Å². The highest BCUT2D eigenvalue weighted by Gasteiger charge is 2.13. The third kappa shape index (κ3) is 2.62. The molecular weight excluding hydrogens is 288 g/mol. The van der Waals surface area contributed by atoms with Crippen molar-refractivity contribution in [3.05, 3.63) is 53.1 Å². The second kappa shape index (κ2) is 5.58. The van der Waals surface area contributed by atoms with E-state index in [9.17, 15) is 4.79 Å². The van der Waals surface area contributed by atoms with Gasteiger partial charge < -0.3 is 9.72 Å². The van der Waals surface area contributed by atoms with Crippen LogP contribution in [0.2, 0.25) is 5.02 Å². The predicted molar refractivity (Wildman–Crippen MR) is 82.5 cm³/mol. The zero-order chi connectivity index (χ0) is 14.8. The van der Waals surface area contributed by atoms with Gasteiger partial charge in [0.2, 0.25) is 0 Å². The molecule has 21 heavy (non-hydrogen) atoms. The third-order valence-electron chi connectivity index (χ3n) is 3.13. The number of hydrogen-bond donors (Lipinski definition) is 1. The molecule has 106 valence electrons. The lowest BCUT2D eigenvalue weighted by Crippen LogP contribution is -2.05. The molecule has 0 atom stereocenters. The van der Waals surface area contributed by atoms with Gasteiger partial charge in [0.05, 0.1) is 28.2 Å². The summed E-state index contributed by atoms with van der Waals surface area (Å²) in [5, 5.41) is 0.353. The number of aromatic amines is 1. The second-order valence-electron chi connectivity index (χ2n) is 4.52. The number of nitrogens with zero attached hydrogens (tertiary/aromatic N) is 1. The smallest absolute Gasteiger partial charge is 0.339 e. The lowest BCUT2D eigenvalue weighted by Gasteiger charge is -2.05. The molecule has 5 heteroatoms. The lowest BCUT2D eigenvalue weighted by atomic mass is 10.1. The highest BCUT2D eigenvalue weighted by molar-refractivity contribution is 6.33. The van der Waals surface area contributed by atoms with Crippen molar-refractivity contribution in [1.29, 1.82) is 0 Å². The Kier molecular flexibility index (Phi) is 3.62. The molecule has 0 bridgehead atoms. The third-order valence-corrected chi connectivity index (χ3v) is 3.44. The Bertz CT molecular complexity index is 778. The van der Waals surface area contributed by atoms with Crippen LogP contribution in [0.5, 0.6) is 0 Å². The molecule has 0 saturated heterocycles. The minimum Gasteiger partial charge on any atom is -0.462 e. The number of aromatic nitrogens is 2. The van der Waals surface area contributed by atoms with Crippen molar-refractivity contribution in [2.45, 2.75) is 6.92 Å². The van der Waals surface area contributed by atoms with Crippen molar-refractivity contribution in [2.75, 3.05) is 6.61 Å². The van der Waals surface area contributed by atoms with Gasteiger partial charge in [0.25, 0.3) is 0 Å². The molecule has 4 nitrogen and oxygen atoms in total. The molecule has 2 aromatic carbocycles. The van der Waals surface area contributed by atoms with Gasteiger partial charge in [-0.3, -0.25) is 0 Å². The molecule has 0 aliphatic heterocycles. The predicted octanol–water partition coefficient (Wildman–Crippen LogP) is 4.06. The molecule has 1 heterocycles. The standard InChI is InChI=1S/C16H13ClN2O2/c1-2-21-16(20)11-8-7-10(9-12(11)17)15-18-13-5-3-4-6-14(13)19-15/h3-9H,2H2,1H3,(H,18,19). The van der Waals surface area contributed by atoms with E-state index in [-0.39, 0.29) is 0 Å². The van der Waals surface area contributed by atoms with Crippen LogP contribution in [0.1, 0.15) is 17.3 Å². The Labute approximate surface area is 126 Å². The van der Waals surface area contributed by atoms with Crippen molar-refractivity contribution in [2.24, 2.45) is 0 Å². The quantitative estimate of drug-likeness (QED) is 0.742. The maximum Gasteiger partial charge on any atom is 0.339 e. The maximum absolute atomic E-state index is 11.7. The van der Waals surface area contributed by atoms with Gasteiger partial charge in [-0.1, -0.05) is 29.8 Å². The fraction of sp³-hybridized carbons (Fsp3) is 0.125. The Morgan fingerprint density at radius 1 is 1.29 bits per heavy atom. The van der Waals surface area contributed by atoms with Gasteiger partial charge in [-0.05, 0) is 31.2 Å². The Hall–Kier alpha value is -2.33. The maximum atomic E-state index is 11.7. The number of H-pyrrole nitrogens is 1. The van der Waals surface area contributed by atoms with Crippen molar-refractivity contribution < 1.29 is 9.53 Å². The van der Waals surface area contributed by atoms with Crippen LogP contribution < -0.4 is 0 Å². The summed E-state index contributed by atoms with van der Waals surface area (Å²) in [6, 6.07) is 12.9. The SMILES string of the molecule is CCOC(=O)c1ccc(-c2nc3ccccc3[nH]2)cc1Cl. The normalized spacial score (nSPS) is 10.8. The molecule has 0 aliphatic carbocycles. The Morgan fingerprint density at radius 2 is 2.10 bits per heavy atom. The van der Waals surface area contributed by atoms with E-state index < -0.39 is 5.97 Å². The van der Waals surface area contributed by atoms with Gasteiger partial charge >= 0.3 is 5.97 Å². The number of hydrogen-bond acceptors (Lipinski definition) is 3. The number of ether oxygens (including phenoxy) is 1. The summed E-state index contributed by atoms with van der Waals surface area (Å²) >= 11 is 6.17. The van der Waals surface area contributed by atoms with Gasteiger partial charge in [0.1, 0.15) is 5.82 Å². The van der Waals surface area contributed by atoms with Crippen LogP contribution in [-0.2, 0) is 4.74 Å². The molecule has 3 aromatic rings. The number of para-hydroxylation sites is 2. The first-order chi connectivity index (χ1) is 10.2. The van der Waals surface area contributed by atoms with Gasteiger partial charge in [0, 0.05) is 5.56 Å². The van der Waals surface area contributed by atoms with E-state index >= 15 is 0 Å². The monoisotopic (exact) mass is 300 g/mol. The largest absolute Gasteiger partial charge is 0.462 e. The van der Waals surface area contributed by atoms with Gasteiger partial charge in [-0.25, -0.2) is 9.78 Å². The van der Waals surface area contributed by atoms with Crippen LogP contribution in [0.4, 0.5) is 0 Å². The number of nitrogens with one attached hydrogen (secondary N) is 1. The number of esters is 1. The van der Waals surface area contributed by atoms with Crippen LogP contribution in [0, 0.1) is 0 Å². The first-order valence-corrected chi connectivity index (χ1v) is 6.98. The van der Waals surface area contributed by atoms with E-state index in [1.807, 2.05) is 24.3 Å². The topological polar surface area (TPSA) is 55.0 Å². The summed E-state index contributed by atoms with van der Waals surface area (Å²) in [6.07, 6.45) is 0. The van der Waals surface area contributed by atoms with E-state index in [1.54, 1.807) is 25.1 Å². The second-order valence-corrected chi connectivity index (χ2v) is 4.92. The number of carbonyl (C=O) groups is 1. The van der Waals surface area contributed by atoms with Crippen molar-refractivity contribution in [3.8, 4) is 11.4 Å². The average Bonchev–Trinajstić information content (AvgIpc) is 2.91. The molecule has 3 rings (SSSR count). The summed E-state index contributed by atoms with van der Waals surface area (Å²) in [5.41, 5.74) is 3.03. The molecule has 0 saturated carbocycles. The Morgan fingerprint density at radius 3 is 2.81 bits per heavy atom. The number of carbonyl (C=O) groups excluding carboxylic acids is 1. The molecule has 0 unspecified atom stereocenters. The minimum absolute atomic E-state index is 0.320. The van der Waals surface area contributed by atoms with E-state index in [1.165, 1.54) is 0 Å². The van der Waals surface area contributed by atoms with Crippen LogP contribution in [0.15, 0.2) is 42.5 Å². The molecule has 0 radical (unpaired) electrons. The highest BCUT2D eigenvalue weighted by Crippen LogP contribution is 2.26. The molecule has 1 aromatic heterocycles. The number of rotatable bonds is 3. The molecule has 0 amide bonds. The number of halogens is 1. The van der Waals surface area contributed by atoms with Crippen LogP contribution in [0.3, 0.4) is 0 Å². The van der Waals surface area contributed by atoms with Gasteiger partial charge in [0.15, 0.2) is 0 Å². The van der Waals surface area contributed by atoms with Crippen molar-refractivity contribution in [1.82, 2.24) is 9.97 Å². The summed E-state index contributed by atoms with van der Waals surface area (Å²) in [6.45, 7) is 2.08. The van der Waals surface area contributed by atoms with Crippen LogP contribution >= 0.6 is 11.6 Å². The summed E-state index contributed by atoms with van der Waals surface area (Å²) in [4.78, 5) is 19.5. The average molecular weight is 301 g/mol. The van der Waals surface area contributed by atoms with Crippen LogP contribution in [-0.4, -0.2) is 22.5 Å². The number of imidazole rings is 1. The lowest BCUT2D eigenvalue weighted by molar-refractivity contribution is 0.0526. The van der Waals surface area contributed by atoms with E-state index in [0.717, 1.165) is 16.6 Å². The molecule has 1 N–H and O–H groups in total. The first-order valence-electron chi connectivity index (χ1n) is 6.61. The number of benzene rings is 2. The summed E-state index contributed by atoms with van der Waals surface area (Å²) in [5.74, 6) is 0.298. The van der Waals surface area contributed by atoms with E-state index in [0.29, 0.717) is 23.0 Å². The molecule has 0 fully saturated rings. The van der Waals surface area contributed by atoms with Crippen molar-refractivity contribution >= 4 is 28.6 Å². The number of fused-ring (bicyclic) bond motifs is 1. The summed E-state index contributed by atoms with van der Waals surface area (Å²) in [7, 11) is 0. The molecule has 0 spiro atoms. The fourth-order valence-electron chi connectivity index (χ4n) is 2.13. The van der Waals surface area contributed by atoms with E-state index in [4.69, 9.17) is 16.3 Å². The van der Waals surface area contributed by atoms with Crippen LogP contribution in [0.25, 0.3) is 22.4 Å². The molecular formula is C16H13ClN2O2. The zero-order valence-corrected chi connectivity index (χ0v) is 12.1. The highest BCUT2D eigenvalue weighted by atomic mass is 35.5. The zero-order valence-electron chi connectivity index (χ0n) is 11.4.